The van der Waals surface area contributed by atoms with E-state index in [0.29, 0.717) is 17.0 Å². The van der Waals surface area contributed by atoms with Gasteiger partial charge in [0.05, 0.1) is 13.7 Å². The van der Waals surface area contributed by atoms with Crippen LogP contribution in [0.1, 0.15) is 16.7 Å². The minimum Gasteiger partial charge on any atom is -0.493 e. The van der Waals surface area contributed by atoms with Crippen LogP contribution in [0.25, 0.3) is 6.08 Å². The van der Waals surface area contributed by atoms with Gasteiger partial charge in [0.25, 0.3) is 11.8 Å². The summed E-state index contributed by atoms with van der Waals surface area (Å²) in [7, 11) is 1.48. The fraction of sp³-hybridized carbons (Fsp3) is 0.148. The van der Waals surface area contributed by atoms with Crippen LogP contribution < -0.4 is 20.1 Å². The van der Waals surface area contributed by atoms with Crippen molar-refractivity contribution in [3.63, 3.8) is 0 Å². The fourth-order valence-corrected chi connectivity index (χ4v) is 3.68. The number of urea groups is 1. The number of amides is 4. The summed E-state index contributed by atoms with van der Waals surface area (Å²) < 4.78 is 11.2. The highest BCUT2D eigenvalue weighted by Crippen LogP contribution is 2.33. The Morgan fingerprint density at radius 2 is 1.80 bits per heavy atom. The van der Waals surface area contributed by atoms with Crippen LogP contribution in [-0.4, -0.2) is 36.5 Å². The lowest BCUT2D eigenvalue weighted by atomic mass is 10.1. The predicted molar refractivity (Wildman–Crippen MR) is 132 cm³/mol. The van der Waals surface area contributed by atoms with E-state index < -0.39 is 11.9 Å². The predicted octanol–water partition coefficient (Wildman–Crippen LogP) is 4.11. The summed E-state index contributed by atoms with van der Waals surface area (Å²) in [5.41, 5.74) is 3.13. The van der Waals surface area contributed by atoms with Gasteiger partial charge < -0.3 is 20.1 Å². The number of methoxy groups -OCH3 is 1. The van der Waals surface area contributed by atoms with Gasteiger partial charge in [-0.15, -0.1) is 0 Å². The van der Waals surface area contributed by atoms with Crippen molar-refractivity contribution >= 4 is 29.6 Å². The highest BCUT2D eigenvalue weighted by molar-refractivity contribution is 6.14. The van der Waals surface area contributed by atoms with Gasteiger partial charge in [-0.2, -0.15) is 0 Å². The molecular weight excluding hydrogens is 446 g/mol. The third kappa shape index (κ3) is 5.67. The molecule has 3 aromatic carbocycles. The molecule has 0 unspecified atom stereocenters. The molecule has 4 amide bonds. The second kappa shape index (κ2) is 10.6. The van der Waals surface area contributed by atoms with Crippen LogP contribution >= 0.6 is 0 Å². The van der Waals surface area contributed by atoms with Crippen molar-refractivity contribution in [3.05, 3.63) is 95.2 Å². The summed E-state index contributed by atoms with van der Waals surface area (Å²) in [4.78, 5) is 39.0. The van der Waals surface area contributed by atoms with Gasteiger partial charge in [0.2, 0.25) is 0 Å². The Bertz CT molecular complexity index is 1290. The van der Waals surface area contributed by atoms with Crippen molar-refractivity contribution in [1.29, 1.82) is 0 Å². The van der Waals surface area contributed by atoms with Gasteiger partial charge in [0.15, 0.2) is 18.1 Å². The number of imide groups is 1. The monoisotopic (exact) mass is 471 g/mol. The maximum Gasteiger partial charge on any atom is 0.329 e. The first-order valence-corrected chi connectivity index (χ1v) is 11.0. The fourth-order valence-electron chi connectivity index (χ4n) is 3.68. The van der Waals surface area contributed by atoms with Crippen molar-refractivity contribution in [2.45, 2.75) is 13.5 Å². The molecule has 1 aliphatic rings. The molecule has 178 valence electrons. The Morgan fingerprint density at radius 3 is 2.54 bits per heavy atom. The number of anilines is 1. The van der Waals surface area contributed by atoms with E-state index in [1.807, 2.05) is 49.4 Å². The molecular formula is C27H25N3O5. The molecule has 3 aromatic rings. The summed E-state index contributed by atoms with van der Waals surface area (Å²) in [5.74, 6) is -0.132. The zero-order chi connectivity index (χ0) is 24.8. The molecule has 1 aliphatic heterocycles. The molecule has 0 spiro atoms. The Balaban J connectivity index is 1.52. The number of hydrogen-bond donors (Lipinski definition) is 2. The first-order valence-electron chi connectivity index (χ1n) is 11.0. The van der Waals surface area contributed by atoms with E-state index in [2.05, 4.69) is 10.6 Å². The average Bonchev–Trinajstić information content (AvgIpc) is 3.11. The maximum absolute atomic E-state index is 13.0. The standard InChI is InChI=1S/C27H25N3O5/c1-18-8-6-9-19(14-18)16-30-26(32)22(29-27(30)33)15-20-10-7-13-23(34-2)25(20)35-17-24(31)28-21-11-4-3-5-12-21/h3-15H,16-17H2,1-2H3,(H,28,31)(H,29,33)/b22-15+. The normalized spacial score (nSPS) is 14.1. The first kappa shape index (κ1) is 23.6. The third-order valence-electron chi connectivity index (χ3n) is 5.32. The summed E-state index contributed by atoms with van der Waals surface area (Å²) in [6.07, 6.45) is 1.52. The number of para-hydroxylation sites is 2. The van der Waals surface area contributed by atoms with Crippen molar-refractivity contribution < 1.29 is 23.9 Å². The molecule has 4 rings (SSSR count). The number of carbonyl (C=O) groups is 3. The smallest absolute Gasteiger partial charge is 0.329 e. The van der Waals surface area contributed by atoms with Gasteiger partial charge >= 0.3 is 6.03 Å². The highest BCUT2D eigenvalue weighted by Gasteiger charge is 2.33. The molecule has 0 atom stereocenters. The Morgan fingerprint density at radius 1 is 1.03 bits per heavy atom. The van der Waals surface area contributed by atoms with Gasteiger partial charge in [-0.3, -0.25) is 14.5 Å². The van der Waals surface area contributed by atoms with Gasteiger partial charge in [-0.25, -0.2) is 4.79 Å². The summed E-state index contributed by atoms with van der Waals surface area (Å²) in [6, 6.07) is 21.3. The number of nitrogens with zero attached hydrogens (tertiary/aromatic N) is 1. The molecule has 0 bridgehead atoms. The zero-order valence-corrected chi connectivity index (χ0v) is 19.4. The van der Waals surface area contributed by atoms with Gasteiger partial charge in [-0.1, -0.05) is 60.2 Å². The van der Waals surface area contributed by atoms with Crippen LogP contribution in [0.5, 0.6) is 11.5 Å². The Hall–Kier alpha value is -4.59. The second-order valence-corrected chi connectivity index (χ2v) is 7.95. The molecule has 8 nitrogen and oxygen atoms in total. The molecule has 8 heteroatoms. The third-order valence-corrected chi connectivity index (χ3v) is 5.32. The van der Waals surface area contributed by atoms with Crippen LogP contribution in [0.4, 0.5) is 10.5 Å². The van der Waals surface area contributed by atoms with E-state index in [1.54, 1.807) is 30.3 Å². The van der Waals surface area contributed by atoms with Crippen LogP contribution in [0.15, 0.2) is 78.5 Å². The highest BCUT2D eigenvalue weighted by atomic mass is 16.5. The summed E-state index contributed by atoms with van der Waals surface area (Å²) in [5, 5.41) is 5.37. The van der Waals surface area contributed by atoms with E-state index in [4.69, 9.17) is 9.47 Å². The Labute approximate surface area is 203 Å². The lowest BCUT2D eigenvalue weighted by Crippen LogP contribution is -2.30. The lowest BCUT2D eigenvalue weighted by molar-refractivity contribution is -0.123. The van der Waals surface area contributed by atoms with E-state index in [9.17, 15) is 14.4 Å². The van der Waals surface area contributed by atoms with E-state index in [1.165, 1.54) is 13.2 Å². The zero-order valence-electron chi connectivity index (χ0n) is 19.4. The number of hydrogen-bond acceptors (Lipinski definition) is 5. The number of aryl methyl sites for hydroxylation is 1. The van der Waals surface area contributed by atoms with Crippen LogP contribution in [-0.2, 0) is 16.1 Å². The molecule has 0 aromatic heterocycles. The van der Waals surface area contributed by atoms with E-state index in [-0.39, 0.29) is 30.5 Å². The van der Waals surface area contributed by atoms with Crippen LogP contribution in [0.2, 0.25) is 0 Å². The number of rotatable bonds is 8. The van der Waals surface area contributed by atoms with E-state index >= 15 is 0 Å². The summed E-state index contributed by atoms with van der Waals surface area (Å²) >= 11 is 0. The van der Waals surface area contributed by atoms with Gasteiger partial charge in [0, 0.05) is 11.3 Å². The van der Waals surface area contributed by atoms with Crippen LogP contribution in [0, 0.1) is 6.92 Å². The van der Waals surface area contributed by atoms with E-state index in [0.717, 1.165) is 16.0 Å². The quantitative estimate of drug-likeness (QED) is 0.381. The van der Waals surface area contributed by atoms with Gasteiger partial charge in [-0.05, 0) is 36.8 Å². The minimum atomic E-state index is -0.504. The van der Waals surface area contributed by atoms with Crippen molar-refractivity contribution in [1.82, 2.24) is 10.2 Å². The first-order chi connectivity index (χ1) is 16.9. The lowest BCUT2D eigenvalue weighted by Gasteiger charge is -2.14. The number of ether oxygens (including phenoxy) is 2. The SMILES string of the molecule is COc1cccc(/C=C2/NC(=O)N(Cc3cccc(C)c3)C2=O)c1OCC(=O)Nc1ccccc1. The molecule has 35 heavy (non-hydrogen) atoms. The number of benzene rings is 3. The molecule has 1 saturated heterocycles. The molecule has 0 aliphatic carbocycles. The largest absolute Gasteiger partial charge is 0.493 e. The number of nitrogens with one attached hydrogen (secondary N) is 2. The van der Waals surface area contributed by atoms with Crippen molar-refractivity contribution in [2.24, 2.45) is 0 Å². The molecule has 0 radical (unpaired) electrons. The Kier molecular flexibility index (Phi) is 7.11. The number of carbonyl (C=O) groups excluding carboxylic acids is 3. The van der Waals surface area contributed by atoms with Crippen molar-refractivity contribution in [3.8, 4) is 11.5 Å². The topological polar surface area (TPSA) is 97.0 Å². The molecule has 2 N–H and O–H groups in total. The van der Waals surface area contributed by atoms with Crippen LogP contribution in [0.3, 0.4) is 0 Å². The maximum atomic E-state index is 13.0. The molecule has 0 saturated carbocycles. The molecule has 1 heterocycles. The summed E-state index contributed by atoms with van der Waals surface area (Å²) in [6.45, 7) is 1.83. The average molecular weight is 472 g/mol. The second-order valence-electron chi connectivity index (χ2n) is 7.95. The molecule has 1 fully saturated rings. The van der Waals surface area contributed by atoms with Crippen molar-refractivity contribution in [2.75, 3.05) is 19.0 Å². The van der Waals surface area contributed by atoms with Gasteiger partial charge in [0.1, 0.15) is 5.70 Å². The minimum absolute atomic E-state index is 0.106.